The predicted molar refractivity (Wildman–Crippen MR) is 103 cm³/mol. The molecule has 2 aromatic carbocycles. The Hall–Kier alpha value is -2.12. The monoisotopic (exact) mass is 420 g/mol. The summed E-state index contributed by atoms with van der Waals surface area (Å²) in [6.07, 6.45) is 2.48. The smallest absolute Gasteiger partial charge is 0.269 e. The van der Waals surface area contributed by atoms with Gasteiger partial charge in [-0.2, -0.15) is 0 Å². The molecule has 1 fully saturated rings. The summed E-state index contributed by atoms with van der Waals surface area (Å²) in [7, 11) is 0. The number of rotatable bonds is 9. The second-order valence-corrected chi connectivity index (χ2v) is 7.05. The van der Waals surface area contributed by atoms with E-state index in [1.54, 1.807) is 12.1 Å². The molecule has 1 saturated carbocycles. The van der Waals surface area contributed by atoms with E-state index in [-0.39, 0.29) is 5.69 Å². The van der Waals surface area contributed by atoms with Crippen molar-refractivity contribution in [2.24, 2.45) is 0 Å². The molecule has 0 aliphatic heterocycles. The third-order valence-electron chi connectivity index (χ3n) is 4.11. The van der Waals surface area contributed by atoms with Crippen LogP contribution in [-0.4, -0.2) is 17.6 Å². The first kappa shape index (κ1) is 18.7. The Morgan fingerprint density at radius 3 is 2.50 bits per heavy atom. The number of non-ortho nitro benzene ring substituents is 1. The van der Waals surface area contributed by atoms with Gasteiger partial charge in [0.2, 0.25) is 0 Å². The largest absolute Gasteiger partial charge is 0.490 e. The molecular weight excluding hydrogens is 400 g/mol. The zero-order chi connectivity index (χ0) is 18.5. The van der Waals surface area contributed by atoms with Crippen molar-refractivity contribution >= 4 is 21.6 Å². The van der Waals surface area contributed by atoms with Crippen LogP contribution in [-0.2, 0) is 13.2 Å². The van der Waals surface area contributed by atoms with Crippen LogP contribution in [0.1, 0.15) is 30.9 Å². The molecule has 1 aliphatic carbocycles. The molecule has 0 heterocycles. The fourth-order valence-electron chi connectivity index (χ4n) is 2.51. The van der Waals surface area contributed by atoms with Gasteiger partial charge in [0.15, 0.2) is 11.5 Å². The maximum absolute atomic E-state index is 10.7. The Bertz CT molecular complexity index is 776. The van der Waals surface area contributed by atoms with Crippen LogP contribution in [0.5, 0.6) is 11.5 Å². The molecule has 6 nitrogen and oxygen atoms in total. The van der Waals surface area contributed by atoms with Crippen molar-refractivity contribution in [1.82, 2.24) is 5.32 Å². The minimum Gasteiger partial charge on any atom is -0.490 e. The van der Waals surface area contributed by atoms with Gasteiger partial charge in [0.25, 0.3) is 5.69 Å². The van der Waals surface area contributed by atoms with Gasteiger partial charge in [-0.05, 0) is 55.2 Å². The predicted octanol–water partition coefficient (Wildman–Crippen LogP) is 4.59. The molecule has 0 unspecified atom stereocenters. The van der Waals surface area contributed by atoms with Crippen LogP contribution in [0.3, 0.4) is 0 Å². The minimum atomic E-state index is -0.413. The summed E-state index contributed by atoms with van der Waals surface area (Å²) < 4.78 is 12.6. The van der Waals surface area contributed by atoms with Gasteiger partial charge in [-0.3, -0.25) is 10.1 Å². The minimum absolute atomic E-state index is 0.0685. The van der Waals surface area contributed by atoms with Crippen LogP contribution in [0, 0.1) is 10.1 Å². The molecule has 2 aromatic rings. The normalized spacial score (nSPS) is 13.5. The molecule has 0 amide bonds. The van der Waals surface area contributed by atoms with E-state index in [0.29, 0.717) is 30.8 Å². The van der Waals surface area contributed by atoms with Crippen molar-refractivity contribution < 1.29 is 14.4 Å². The van der Waals surface area contributed by atoms with Gasteiger partial charge in [-0.1, -0.05) is 15.9 Å². The zero-order valence-corrected chi connectivity index (χ0v) is 16.1. The van der Waals surface area contributed by atoms with E-state index >= 15 is 0 Å². The van der Waals surface area contributed by atoms with Gasteiger partial charge in [0.1, 0.15) is 6.61 Å². The second-order valence-electron chi connectivity index (χ2n) is 6.19. The first-order chi connectivity index (χ1) is 12.6. The summed E-state index contributed by atoms with van der Waals surface area (Å²) in [5, 5.41) is 14.2. The molecule has 0 saturated heterocycles. The average molecular weight is 421 g/mol. The van der Waals surface area contributed by atoms with Gasteiger partial charge in [-0.15, -0.1) is 0 Å². The molecule has 0 aromatic heterocycles. The first-order valence-corrected chi connectivity index (χ1v) is 9.41. The van der Waals surface area contributed by atoms with Crippen LogP contribution in [0.2, 0.25) is 0 Å². The average Bonchev–Trinajstić information content (AvgIpc) is 3.45. The van der Waals surface area contributed by atoms with Crippen molar-refractivity contribution in [1.29, 1.82) is 0 Å². The lowest BCUT2D eigenvalue weighted by Gasteiger charge is -2.15. The number of nitro groups is 1. The van der Waals surface area contributed by atoms with Crippen LogP contribution in [0.25, 0.3) is 0 Å². The Morgan fingerprint density at radius 1 is 1.19 bits per heavy atom. The number of hydrogen-bond acceptors (Lipinski definition) is 5. The molecule has 0 bridgehead atoms. The van der Waals surface area contributed by atoms with Gasteiger partial charge in [-0.25, -0.2) is 0 Å². The molecule has 138 valence electrons. The number of nitro benzene ring substituents is 1. The van der Waals surface area contributed by atoms with Crippen molar-refractivity contribution in [3.63, 3.8) is 0 Å². The fraction of sp³-hybridized carbons (Fsp3) is 0.368. The molecule has 0 atom stereocenters. The van der Waals surface area contributed by atoms with E-state index in [9.17, 15) is 10.1 Å². The van der Waals surface area contributed by atoms with Gasteiger partial charge >= 0.3 is 0 Å². The summed E-state index contributed by atoms with van der Waals surface area (Å²) >= 11 is 3.60. The van der Waals surface area contributed by atoms with Crippen molar-refractivity contribution in [3.05, 3.63) is 62.1 Å². The Kier molecular flexibility index (Phi) is 6.11. The van der Waals surface area contributed by atoms with E-state index in [1.807, 2.05) is 19.1 Å². The molecular formula is C19H21BrN2O4. The van der Waals surface area contributed by atoms with Crippen molar-refractivity contribution in [3.8, 4) is 11.5 Å². The van der Waals surface area contributed by atoms with Crippen molar-refractivity contribution in [2.75, 3.05) is 6.61 Å². The van der Waals surface area contributed by atoms with Crippen LogP contribution < -0.4 is 14.8 Å². The highest BCUT2D eigenvalue weighted by atomic mass is 79.9. The quantitative estimate of drug-likeness (QED) is 0.474. The lowest BCUT2D eigenvalue weighted by Crippen LogP contribution is -2.15. The number of halogens is 1. The van der Waals surface area contributed by atoms with Gasteiger partial charge < -0.3 is 14.8 Å². The third kappa shape index (κ3) is 4.95. The molecule has 0 spiro atoms. The summed E-state index contributed by atoms with van der Waals surface area (Å²) in [6, 6.07) is 10.9. The van der Waals surface area contributed by atoms with Crippen LogP contribution in [0.4, 0.5) is 5.69 Å². The SMILES string of the molecule is CCOc1cc(CNC2CC2)c(Br)cc1OCc1ccc([N+](=O)[O-])cc1. The van der Waals surface area contributed by atoms with E-state index < -0.39 is 4.92 Å². The highest BCUT2D eigenvalue weighted by molar-refractivity contribution is 9.10. The molecule has 0 radical (unpaired) electrons. The molecule has 1 aliphatic rings. The van der Waals surface area contributed by atoms with E-state index in [0.717, 1.165) is 22.1 Å². The standard InChI is InChI=1S/C19H21BrN2O4/c1-2-25-18-9-14(11-21-15-5-6-15)17(20)10-19(18)26-12-13-3-7-16(8-4-13)22(23)24/h3-4,7-10,15,21H,2,5-6,11-12H2,1H3. The van der Waals surface area contributed by atoms with E-state index in [4.69, 9.17) is 9.47 Å². The Balaban J connectivity index is 1.70. The van der Waals surface area contributed by atoms with Gasteiger partial charge in [0.05, 0.1) is 11.5 Å². The Morgan fingerprint density at radius 2 is 1.88 bits per heavy atom. The van der Waals surface area contributed by atoms with E-state index in [2.05, 4.69) is 21.2 Å². The first-order valence-electron chi connectivity index (χ1n) is 8.61. The number of benzene rings is 2. The number of nitrogens with zero attached hydrogens (tertiary/aromatic N) is 1. The summed E-state index contributed by atoms with van der Waals surface area (Å²) in [6.45, 7) is 3.58. The fourth-order valence-corrected chi connectivity index (χ4v) is 2.97. The molecule has 3 rings (SSSR count). The number of ether oxygens (including phenoxy) is 2. The number of hydrogen-bond donors (Lipinski definition) is 1. The van der Waals surface area contributed by atoms with Crippen LogP contribution in [0.15, 0.2) is 40.9 Å². The lowest BCUT2D eigenvalue weighted by atomic mass is 10.2. The molecule has 26 heavy (non-hydrogen) atoms. The van der Waals surface area contributed by atoms with E-state index in [1.165, 1.54) is 25.0 Å². The number of nitrogens with one attached hydrogen (secondary N) is 1. The van der Waals surface area contributed by atoms with Crippen LogP contribution >= 0.6 is 15.9 Å². The van der Waals surface area contributed by atoms with Crippen molar-refractivity contribution in [2.45, 2.75) is 39.0 Å². The van der Waals surface area contributed by atoms with Gasteiger partial charge in [0, 0.05) is 29.2 Å². The lowest BCUT2D eigenvalue weighted by molar-refractivity contribution is -0.384. The highest BCUT2D eigenvalue weighted by Gasteiger charge is 2.21. The summed E-state index contributed by atoms with van der Waals surface area (Å²) in [5.74, 6) is 1.34. The highest BCUT2D eigenvalue weighted by Crippen LogP contribution is 2.35. The topological polar surface area (TPSA) is 73.6 Å². The maximum Gasteiger partial charge on any atom is 0.269 e. The summed E-state index contributed by atoms with van der Waals surface area (Å²) in [4.78, 5) is 10.3. The maximum atomic E-state index is 10.7. The summed E-state index contributed by atoms with van der Waals surface area (Å²) in [5.41, 5.74) is 2.05. The second kappa shape index (κ2) is 8.51. The molecule has 1 N–H and O–H groups in total. The molecule has 7 heteroatoms. The third-order valence-corrected chi connectivity index (χ3v) is 4.85. The zero-order valence-electron chi connectivity index (χ0n) is 14.5. The Labute approximate surface area is 160 Å².